The lowest BCUT2D eigenvalue weighted by molar-refractivity contribution is 0.250. The summed E-state index contributed by atoms with van der Waals surface area (Å²) in [6, 6.07) is 3.52. The van der Waals surface area contributed by atoms with Crippen molar-refractivity contribution in [3.05, 3.63) is 27.7 Å². The molecule has 17 heavy (non-hydrogen) atoms. The van der Waals surface area contributed by atoms with E-state index in [-0.39, 0.29) is 0 Å². The molecule has 2 rings (SSSR count). The van der Waals surface area contributed by atoms with Crippen LogP contribution in [0.25, 0.3) is 0 Å². The van der Waals surface area contributed by atoms with Crippen LogP contribution in [0.1, 0.15) is 31.2 Å². The van der Waals surface area contributed by atoms with Crippen molar-refractivity contribution in [2.45, 2.75) is 32.2 Å². The highest BCUT2D eigenvalue weighted by atomic mass is 35.5. The van der Waals surface area contributed by atoms with Gasteiger partial charge in [0, 0.05) is 17.1 Å². The van der Waals surface area contributed by atoms with Gasteiger partial charge in [-0.05, 0) is 30.9 Å². The summed E-state index contributed by atoms with van der Waals surface area (Å²) in [7, 11) is 0. The third kappa shape index (κ3) is 3.27. The summed E-state index contributed by atoms with van der Waals surface area (Å²) in [6.07, 6.45) is 5.13. The minimum absolute atomic E-state index is 0.389. The highest BCUT2D eigenvalue weighted by Gasteiger charge is 2.17. The topological polar surface area (TPSA) is 35.2 Å². The van der Waals surface area contributed by atoms with Crippen LogP contribution in [-0.4, -0.2) is 6.61 Å². The second-order valence-electron chi connectivity index (χ2n) is 4.54. The van der Waals surface area contributed by atoms with Gasteiger partial charge in [0.05, 0.1) is 11.6 Å². The molecule has 1 fully saturated rings. The van der Waals surface area contributed by atoms with Crippen LogP contribution in [0.15, 0.2) is 12.1 Å². The summed E-state index contributed by atoms with van der Waals surface area (Å²) in [4.78, 5) is 0. The van der Waals surface area contributed by atoms with Crippen LogP contribution in [0.2, 0.25) is 10.0 Å². The first-order chi connectivity index (χ1) is 8.20. The second kappa shape index (κ2) is 5.94. The zero-order valence-corrected chi connectivity index (χ0v) is 11.2. The molecule has 2 nitrogen and oxygen atoms in total. The lowest BCUT2D eigenvalue weighted by Gasteiger charge is -2.15. The molecule has 0 amide bonds. The van der Waals surface area contributed by atoms with Gasteiger partial charge < -0.3 is 10.5 Å². The van der Waals surface area contributed by atoms with E-state index in [9.17, 15) is 0 Å². The normalized spacial score (nSPS) is 16.4. The minimum Gasteiger partial charge on any atom is -0.491 e. The first kappa shape index (κ1) is 13.0. The predicted octanol–water partition coefficient (Wildman–Crippen LogP) is 4.02. The lowest BCUT2D eigenvalue weighted by Crippen LogP contribution is -2.10. The molecule has 4 heteroatoms. The van der Waals surface area contributed by atoms with E-state index in [4.69, 9.17) is 33.7 Å². The number of ether oxygens (including phenoxy) is 1. The fraction of sp³-hybridized carbons (Fsp3) is 0.538. The molecular formula is C13H17Cl2NO. The fourth-order valence-corrected chi connectivity index (χ4v) is 2.90. The van der Waals surface area contributed by atoms with Crippen molar-refractivity contribution < 1.29 is 4.74 Å². The van der Waals surface area contributed by atoms with Gasteiger partial charge >= 0.3 is 0 Å². The molecule has 0 bridgehead atoms. The smallest absolute Gasteiger partial charge is 0.142 e. The monoisotopic (exact) mass is 273 g/mol. The Morgan fingerprint density at radius 1 is 1.24 bits per heavy atom. The largest absolute Gasteiger partial charge is 0.491 e. The Bertz CT molecular complexity index is 389. The summed E-state index contributed by atoms with van der Waals surface area (Å²) in [5.41, 5.74) is 6.55. The molecule has 1 aromatic rings. The third-order valence-electron chi connectivity index (χ3n) is 3.24. The van der Waals surface area contributed by atoms with Gasteiger partial charge in [0.25, 0.3) is 0 Å². The van der Waals surface area contributed by atoms with E-state index < -0.39 is 0 Å². The first-order valence-electron chi connectivity index (χ1n) is 6.01. The summed E-state index contributed by atoms with van der Waals surface area (Å²) >= 11 is 12.1. The van der Waals surface area contributed by atoms with Gasteiger partial charge in [-0.15, -0.1) is 0 Å². The Labute approximate surface area is 112 Å². The van der Waals surface area contributed by atoms with Gasteiger partial charge in [0.1, 0.15) is 5.75 Å². The van der Waals surface area contributed by atoms with Gasteiger partial charge in [0.15, 0.2) is 0 Å². The molecule has 0 radical (unpaired) electrons. The SMILES string of the molecule is NCc1cc(Cl)cc(Cl)c1OCC1CCCC1. The number of hydrogen-bond donors (Lipinski definition) is 1. The Morgan fingerprint density at radius 3 is 2.59 bits per heavy atom. The average Bonchev–Trinajstić information content (AvgIpc) is 2.79. The van der Waals surface area contributed by atoms with Crippen molar-refractivity contribution in [3.8, 4) is 5.75 Å². The van der Waals surface area contributed by atoms with E-state index >= 15 is 0 Å². The molecule has 2 N–H and O–H groups in total. The number of benzene rings is 1. The Balaban J connectivity index is 2.08. The van der Waals surface area contributed by atoms with Gasteiger partial charge in [-0.25, -0.2) is 0 Å². The van der Waals surface area contributed by atoms with Gasteiger partial charge in [-0.3, -0.25) is 0 Å². The molecule has 1 saturated carbocycles. The van der Waals surface area contributed by atoms with Gasteiger partial charge in [0.2, 0.25) is 0 Å². The van der Waals surface area contributed by atoms with Crippen LogP contribution in [-0.2, 0) is 6.54 Å². The predicted molar refractivity (Wildman–Crippen MR) is 71.8 cm³/mol. The minimum atomic E-state index is 0.389. The summed E-state index contributed by atoms with van der Waals surface area (Å²) in [5.74, 6) is 1.36. The van der Waals surface area contributed by atoms with Crippen molar-refractivity contribution >= 4 is 23.2 Å². The molecule has 0 aliphatic heterocycles. The Hall–Kier alpha value is -0.440. The van der Waals surface area contributed by atoms with Crippen molar-refractivity contribution in [1.82, 2.24) is 0 Å². The fourth-order valence-electron chi connectivity index (χ4n) is 2.31. The highest BCUT2D eigenvalue weighted by Crippen LogP contribution is 2.33. The molecule has 0 atom stereocenters. The number of halogens is 2. The molecule has 94 valence electrons. The first-order valence-corrected chi connectivity index (χ1v) is 6.77. The van der Waals surface area contributed by atoms with Crippen LogP contribution in [0.4, 0.5) is 0 Å². The zero-order valence-electron chi connectivity index (χ0n) is 9.72. The van der Waals surface area contributed by atoms with Crippen molar-refractivity contribution in [1.29, 1.82) is 0 Å². The van der Waals surface area contributed by atoms with Gasteiger partial charge in [-0.1, -0.05) is 36.0 Å². The number of rotatable bonds is 4. The van der Waals surface area contributed by atoms with Crippen LogP contribution in [0.5, 0.6) is 5.75 Å². The van der Waals surface area contributed by atoms with Crippen LogP contribution >= 0.6 is 23.2 Å². The maximum atomic E-state index is 6.13. The summed E-state index contributed by atoms with van der Waals surface area (Å²) in [6.45, 7) is 1.12. The molecule has 0 heterocycles. The molecule has 1 aromatic carbocycles. The standard InChI is InChI=1S/C13H17Cl2NO/c14-11-5-10(7-16)13(12(15)6-11)17-8-9-3-1-2-4-9/h5-6,9H,1-4,7-8,16H2. The number of hydrogen-bond acceptors (Lipinski definition) is 2. The molecule has 1 aliphatic rings. The van der Waals surface area contributed by atoms with E-state index in [2.05, 4.69) is 0 Å². The molecule has 1 aliphatic carbocycles. The average molecular weight is 274 g/mol. The van der Waals surface area contributed by atoms with E-state index in [1.807, 2.05) is 6.07 Å². The Morgan fingerprint density at radius 2 is 1.94 bits per heavy atom. The number of nitrogens with two attached hydrogens (primary N) is 1. The third-order valence-corrected chi connectivity index (χ3v) is 3.74. The molecular weight excluding hydrogens is 257 g/mol. The van der Waals surface area contributed by atoms with E-state index in [1.54, 1.807) is 6.07 Å². The Kier molecular flexibility index (Phi) is 4.55. The van der Waals surface area contributed by atoms with Crippen LogP contribution in [0, 0.1) is 5.92 Å². The van der Waals surface area contributed by atoms with E-state index in [1.165, 1.54) is 25.7 Å². The lowest BCUT2D eigenvalue weighted by atomic mass is 10.1. The van der Waals surface area contributed by atoms with Gasteiger partial charge in [-0.2, -0.15) is 0 Å². The quantitative estimate of drug-likeness (QED) is 0.899. The summed E-state index contributed by atoms with van der Waals surface area (Å²) < 4.78 is 5.83. The molecule has 0 spiro atoms. The maximum absolute atomic E-state index is 6.13. The zero-order chi connectivity index (χ0) is 12.3. The van der Waals surface area contributed by atoms with E-state index in [0.29, 0.717) is 28.3 Å². The highest BCUT2D eigenvalue weighted by molar-refractivity contribution is 6.35. The molecule has 0 aromatic heterocycles. The van der Waals surface area contributed by atoms with Crippen molar-refractivity contribution in [2.24, 2.45) is 11.7 Å². The van der Waals surface area contributed by atoms with Crippen molar-refractivity contribution in [3.63, 3.8) is 0 Å². The van der Waals surface area contributed by atoms with E-state index in [0.717, 1.165) is 12.2 Å². The summed E-state index contributed by atoms with van der Waals surface area (Å²) in [5, 5.41) is 1.15. The second-order valence-corrected chi connectivity index (χ2v) is 5.39. The van der Waals surface area contributed by atoms with Crippen LogP contribution in [0.3, 0.4) is 0 Å². The van der Waals surface area contributed by atoms with Crippen molar-refractivity contribution in [2.75, 3.05) is 6.61 Å². The van der Waals surface area contributed by atoms with Crippen LogP contribution < -0.4 is 10.5 Å². The maximum Gasteiger partial charge on any atom is 0.142 e. The molecule has 0 saturated heterocycles. The molecule has 0 unspecified atom stereocenters.